The molecule has 1 aromatic heterocycles. The highest BCUT2D eigenvalue weighted by atomic mass is 35.5. The van der Waals surface area contributed by atoms with E-state index in [-0.39, 0.29) is 17.1 Å². The number of rotatable bonds is 6. The van der Waals surface area contributed by atoms with E-state index in [1.807, 2.05) is 13.8 Å². The first-order valence-corrected chi connectivity index (χ1v) is 10.7. The molecule has 1 aromatic carbocycles. The second-order valence-corrected chi connectivity index (χ2v) is 9.28. The van der Waals surface area contributed by atoms with E-state index in [0.29, 0.717) is 9.90 Å². The van der Waals surface area contributed by atoms with Crippen LogP contribution in [0.5, 0.6) is 0 Å². The zero-order valence-corrected chi connectivity index (χ0v) is 16.7. The van der Waals surface area contributed by atoms with Crippen LogP contribution in [0.2, 0.25) is 5.02 Å². The molecule has 0 aliphatic rings. The van der Waals surface area contributed by atoms with Gasteiger partial charge in [-0.25, -0.2) is 8.42 Å². The molecule has 0 saturated carbocycles. The number of hydrogen-bond acceptors (Lipinski definition) is 5. The summed E-state index contributed by atoms with van der Waals surface area (Å²) in [4.78, 5) is 25.6. The van der Waals surface area contributed by atoms with Crippen molar-refractivity contribution < 1.29 is 18.0 Å². The number of halogens is 1. The molecule has 2 N–H and O–H groups in total. The molecule has 140 valence electrons. The highest BCUT2D eigenvalue weighted by Gasteiger charge is 2.17. The van der Waals surface area contributed by atoms with E-state index in [9.17, 15) is 18.0 Å². The van der Waals surface area contributed by atoms with Crippen LogP contribution >= 0.6 is 22.9 Å². The summed E-state index contributed by atoms with van der Waals surface area (Å²) < 4.78 is 24.3. The van der Waals surface area contributed by atoms with E-state index in [2.05, 4.69) is 10.9 Å². The second kappa shape index (κ2) is 8.66. The van der Waals surface area contributed by atoms with Crippen LogP contribution in [0.25, 0.3) is 0 Å². The van der Waals surface area contributed by atoms with Gasteiger partial charge in [0.25, 0.3) is 5.91 Å². The monoisotopic (exact) mass is 414 g/mol. The molecule has 0 spiro atoms. The van der Waals surface area contributed by atoms with Crippen LogP contribution < -0.4 is 10.9 Å². The average Bonchev–Trinajstić information content (AvgIpc) is 2.99. The third-order valence-electron chi connectivity index (χ3n) is 3.65. The molecule has 6 nitrogen and oxygen atoms in total. The fourth-order valence-corrected chi connectivity index (χ4v) is 4.60. The van der Waals surface area contributed by atoms with Crippen molar-refractivity contribution in [2.75, 3.05) is 5.75 Å². The van der Waals surface area contributed by atoms with Crippen LogP contribution in [0.15, 0.2) is 35.2 Å². The maximum absolute atomic E-state index is 12.2. The summed E-state index contributed by atoms with van der Waals surface area (Å²) in [5, 5.41) is 0.430. The van der Waals surface area contributed by atoms with Crippen LogP contribution in [-0.4, -0.2) is 26.0 Å². The minimum atomic E-state index is -3.60. The van der Waals surface area contributed by atoms with Gasteiger partial charge in [0.2, 0.25) is 5.91 Å². The van der Waals surface area contributed by atoms with Gasteiger partial charge in [-0.2, -0.15) is 0 Å². The number of amides is 2. The van der Waals surface area contributed by atoms with Crippen molar-refractivity contribution in [2.24, 2.45) is 0 Å². The first kappa shape index (κ1) is 20.4. The Morgan fingerprint density at radius 2 is 1.81 bits per heavy atom. The Bertz CT molecular complexity index is 905. The molecular formula is C17H19ClN2O4S2. The zero-order valence-electron chi connectivity index (χ0n) is 14.3. The minimum Gasteiger partial charge on any atom is -0.273 e. The number of carbonyl (C=O) groups is 2. The lowest BCUT2D eigenvalue weighted by atomic mass is 10.2. The number of nitrogens with one attached hydrogen (secondary N) is 2. The van der Waals surface area contributed by atoms with E-state index in [1.165, 1.54) is 35.6 Å². The normalized spacial score (nSPS) is 11.2. The number of aryl methyl sites for hydroxylation is 2. The van der Waals surface area contributed by atoms with Crippen LogP contribution in [0, 0.1) is 6.92 Å². The van der Waals surface area contributed by atoms with Gasteiger partial charge in [-0.3, -0.25) is 20.4 Å². The molecule has 0 atom stereocenters. The molecular weight excluding hydrogens is 396 g/mol. The maximum atomic E-state index is 12.2. The van der Waals surface area contributed by atoms with Gasteiger partial charge in [-0.05, 0) is 49.2 Å². The van der Waals surface area contributed by atoms with Gasteiger partial charge in [-0.15, -0.1) is 11.3 Å². The largest absolute Gasteiger partial charge is 0.279 e. The molecule has 2 rings (SSSR count). The number of sulfone groups is 1. The summed E-state index contributed by atoms with van der Waals surface area (Å²) in [7, 11) is -3.60. The Morgan fingerprint density at radius 3 is 2.38 bits per heavy atom. The van der Waals surface area contributed by atoms with Gasteiger partial charge in [-0.1, -0.05) is 18.5 Å². The molecule has 0 saturated heterocycles. The summed E-state index contributed by atoms with van der Waals surface area (Å²) in [6, 6.07) is 7.49. The third-order valence-corrected chi connectivity index (χ3v) is 7.02. The highest BCUT2D eigenvalue weighted by Crippen LogP contribution is 2.22. The van der Waals surface area contributed by atoms with E-state index in [4.69, 9.17) is 11.6 Å². The van der Waals surface area contributed by atoms with E-state index < -0.39 is 21.7 Å². The quantitative estimate of drug-likeness (QED) is 0.711. The molecule has 0 unspecified atom stereocenters. The molecule has 2 amide bonds. The number of benzene rings is 1. The molecule has 0 radical (unpaired) electrons. The summed E-state index contributed by atoms with van der Waals surface area (Å²) >= 11 is 7.10. The van der Waals surface area contributed by atoms with Crippen LogP contribution in [-0.2, 0) is 21.1 Å². The maximum Gasteiger partial charge on any atom is 0.279 e. The third kappa shape index (κ3) is 5.30. The molecule has 0 aliphatic heterocycles. The van der Waals surface area contributed by atoms with Crippen molar-refractivity contribution in [3.8, 4) is 0 Å². The molecule has 26 heavy (non-hydrogen) atoms. The van der Waals surface area contributed by atoms with Crippen LogP contribution in [0.1, 0.15) is 33.5 Å². The summed E-state index contributed by atoms with van der Waals surface area (Å²) in [5.41, 5.74) is 5.58. The van der Waals surface area contributed by atoms with Gasteiger partial charge in [0.1, 0.15) is 0 Å². The second-order valence-electron chi connectivity index (χ2n) is 5.60. The standard InChI is InChI=1S/C17H19ClN2O4S2/c1-3-14-11(2)10-15(25-14)17(22)20-19-16(21)8-9-26(23,24)13-6-4-12(18)5-7-13/h4-7,10H,3,8-9H2,1-2H3,(H,19,21)(H,20,22). The van der Waals surface area contributed by atoms with Crippen LogP contribution in [0.3, 0.4) is 0 Å². The van der Waals surface area contributed by atoms with Gasteiger partial charge in [0.05, 0.1) is 15.5 Å². The Labute approximate surface area is 161 Å². The lowest BCUT2D eigenvalue weighted by Gasteiger charge is -2.07. The molecule has 1 heterocycles. The van der Waals surface area contributed by atoms with Gasteiger partial charge in [0, 0.05) is 16.3 Å². The molecule has 0 aliphatic carbocycles. The van der Waals surface area contributed by atoms with E-state index in [1.54, 1.807) is 6.07 Å². The topological polar surface area (TPSA) is 92.3 Å². The van der Waals surface area contributed by atoms with Crippen molar-refractivity contribution in [1.29, 1.82) is 0 Å². The fourth-order valence-electron chi connectivity index (χ4n) is 2.22. The Morgan fingerprint density at radius 1 is 1.15 bits per heavy atom. The predicted octanol–water partition coefficient (Wildman–Crippen LogP) is 2.90. The highest BCUT2D eigenvalue weighted by molar-refractivity contribution is 7.91. The van der Waals surface area contributed by atoms with Crippen molar-refractivity contribution in [2.45, 2.75) is 31.6 Å². The van der Waals surface area contributed by atoms with E-state index >= 15 is 0 Å². The first-order chi connectivity index (χ1) is 12.2. The lowest BCUT2D eigenvalue weighted by Crippen LogP contribution is -2.41. The zero-order chi connectivity index (χ0) is 19.3. The number of hydrazine groups is 1. The molecule has 2 aromatic rings. The van der Waals surface area contributed by atoms with Gasteiger partial charge < -0.3 is 0 Å². The number of carbonyl (C=O) groups excluding carboxylic acids is 2. The average molecular weight is 415 g/mol. The minimum absolute atomic E-state index is 0.0971. The lowest BCUT2D eigenvalue weighted by molar-refractivity contribution is -0.121. The fraction of sp³-hybridized carbons (Fsp3) is 0.294. The van der Waals surface area contributed by atoms with Crippen molar-refractivity contribution >= 4 is 44.6 Å². The SMILES string of the molecule is CCc1sc(C(=O)NNC(=O)CCS(=O)(=O)c2ccc(Cl)cc2)cc1C. The van der Waals surface area contributed by atoms with Crippen molar-refractivity contribution in [1.82, 2.24) is 10.9 Å². The van der Waals surface area contributed by atoms with Gasteiger partial charge in [0.15, 0.2) is 9.84 Å². The van der Waals surface area contributed by atoms with Crippen molar-refractivity contribution in [3.05, 3.63) is 50.7 Å². The Hall–Kier alpha value is -1.90. The summed E-state index contributed by atoms with van der Waals surface area (Å²) in [5.74, 6) is -1.37. The molecule has 9 heteroatoms. The molecule has 0 fully saturated rings. The Balaban J connectivity index is 1.86. The summed E-state index contributed by atoms with van der Waals surface area (Å²) in [6.45, 7) is 3.93. The Kier molecular flexibility index (Phi) is 6.80. The number of thiophene rings is 1. The van der Waals surface area contributed by atoms with Crippen LogP contribution in [0.4, 0.5) is 0 Å². The van der Waals surface area contributed by atoms with Gasteiger partial charge >= 0.3 is 0 Å². The van der Waals surface area contributed by atoms with Crippen molar-refractivity contribution in [3.63, 3.8) is 0 Å². The number of hydrogen-bond donors (Lipinski definition) is 2. The smallest absolute Gasteiger partial charge is 0.273 e. The predicted molar refractivity (Wildman–Crippen MR) is 102 cm³/mol. The van der Waals surface area contributed by atoms with E-state index in [0.717, 1.165) is 16.9 Å². The summed E-state index contributed by atoms with van der Waals surface area (Å²) in [6.07, 6.45) is 0.563. The molecule has 0 bridgehead atoms. The first-order valence-electron chi connectivity index (χ1n) is 7.89.